The standard InChI is InChI=1S/C22H23N5O3/c1-27-18-5-4-13(7-14(18)12-25-27)20(29)26-15-8-22(9-15)10-16(11-22)30-21-17(19(23)28)3-2-6-24-21/h2-7,12,15-16H,8-11H2,1H3,(H2,23,28)(H,26,29). The predicted molar refractivity (Wildman–Crippen MR) is 110 cm³/mol. The normalized spacial score (nSPS) is 24.8. The fraction of sp³-hybridized carbons (Fsp3) is 0.364. The molecule has 0 aliphatic heterocycles. The van der Waals surface area contributed by atoms with Gasteiger partial charge >= 0.3 is 0 Å². The second-order valence-electron chi connectivity index (χ2n) is 8.49. The molecule has 2 aromatic heterocycles. The maximum atomic E-state index is 12.6. The number of ether oxygens (including phenoxy) is 1. The minimum absolute atomic E-state index is 0.0302. The summed E-state index contributed by atoms with van der Waals surface area (Å²) in [6.07, 6.45) is 7.07. The number of nitrogens with two attached hydrogens (primary N) is 1. The Balaban J connectivity index is 1.14. The van der Waals surface area contributed by atoms with E-state index in [2.05, 4.69) is 15.4 Å². The van der Waals surface area contributed by atoms with Gasteiger partial charge in [0, 0.05) is 30.2 Å². The lowest BCUT2D eigenvalue weighted by atomic mass is 9.53. The van der Waals surface area contributed by atoms with Gasteiger partial charge in [-0.15, -0.1) is 0 Å². The predicted octanol–water partition coefficient (Wildman–Crippen LogP) is 2.19. The molecule has 30 heavy (non-hydrogen) atoms. The molecule has 0 bridgehead atoms. The van der Waals surface area contributed by atoms with E-state index in [9.17, 15) is 9.59 Å². The number of amides is 2. The van der Waals surface area contributed by atoms with E-state index < -0.39 is 5.91 Å². The monoisotopic (exact) mass is 405 g/mol. The van der Waals surface area contributed by atoms with Crippen LogP contribution >= 0.6 is 0 Å². The zero-order valence-electron chi connectivity index (χ0n) is 16.7. The molecular weight excluding hydrogens is 382 g/mol. The molecule has 2 amide bonds. The third-order valence-corrected chi connectivity index (χ3v) is 6.34. The van der Waals surface area contributed by atoms with Crippen LogP contribution in [0.1, 0.15) is 46.4 Å². The molecule has 154 valence electrons. The molecule has 2 aliphatic carbocycles. The van der Waals surface area contributed by atoms with E-state index in [1.54, 1.807) is 29.2 Å². The average molecular weight is 405 g/mol. The first-order chi connectivity index (χ1) is 14.4. The van der Waals surface area contributed by atoms with Crippen molar-refractivity contribution in [1.29, 1.82) is 0 Å². The molecule has 2 aliphatic rings. The zero-order chi connectivity index (χ0) is 20.9. The summed E-state index contributed by atoms with van der Waals surface area (Å²) in [5.74, 6) is -0.282. The highest BCUT2D eigenvalue weighted by molar-refractivity contribution is 5.98. The van der Waals surface area contributed by atoms with Crippen LogP contribution in [0.2, 0.25) is 0 Å². The molecule has 8 heteroatoms. The number of fused-ring (bicyclic) bond motifs is 1. The van der Waals surface area contributed by atoms with E-state index in [0.29, 0.717) is 17.0 Å². The number of hydrogen-bond donors (Lipinski definition) is 2. The van der Waals surface area contributed by atoms with Gasteiger partial charge in [0.25, 0.3) is 11.8 Å². The van der Waals surface area contributed by atoms with Crippen LogP contribution in [0, 0.1) is 5.41 Å². The van der Waals surface area contributed by atoms with Crippen LogP contribution < -0.4 is 15.8 Å². The third kappa shape index (κ3) is 3.18. The van der Waals surface area contributed by atoms with Crippen molar-refractivity contribution in [3.8, 4) is 5.88 Å². The van der Waals surface area contributed by atoms with E-state index in [-0.39, 0.29) is 23.5 Å². The van der Waals surface area contributed by atoms with Crippen molar-refractivity contribution in [2.24, 2.45) is 18.2 Å². The second-order valence-corrected chi connectivity index (χ2v) is 8.49. The van der Waals surface area contributed by atoms with Gasteiger partial charge in [0.15, 0.2) is 0 Å². The minimum Gasteiger partial charge on any atom is -0.474 e. The SMILES string of the molecule is Cn1ncc2cc(C(=O)NC3CC4(C3)CC(Oc3ncccc3C(N)=O)C4)ccc21. The van der Waals surface area contributed by atoms with E-state index in [4.69, 9.17) is 10.5 Å². The van der Waals surface area contributed by atoms with E-state index in [1.807, 2.05) is 25.2 Å². The van der Waals surface area contributed by atoms with Crippen LogP contribution in [0.15, 0.2) is 42.7 Å². The molecule has 2 saturated carbocycles. The summed E-state index contributed by atoms with van der Waals surface area (Å²) in [5, 5.41) is 8.31. The lowest BCUT2D eigenvalue weighted by molar-refractivity contribution is -0.0848. The molecule has 5 rings (SSSR count). The van der Waals surface area contributed by atoms with Gasteiger partial charge < -0.3 is 15.8 Å². The Morgan fingerprint density at radius 3 is 2.80 bits per heavy atom. The van der Waals surface area contributed by atoms with Gasteiger partial charge in [-0.3, -0.25) is 14.3 Å². The summed E-state index contributed by atoms with van der Waals surface area (Å²) >= 11 is 0. The van der Waals surface area contributed by atoms with Crippen LogP contribution in [0.4, 0.5) is 0 Å². The summed E-state index contributed by atoms with van der Waals surface area (Å²) in [7, 11) is 1.88. The van der Waals surface area contributed by atoms with E-state index in [0.717, 1.165) is 36.6 Å². The Hall–Kier alpha value is -3.42. The third-order valence-electron chi connectivity index (χ3n) is 6.34. The van der Waals surface area contributed by atoms with E-state index in [1.165, 1.54) is 0 Å². The molecule has 8 nitrogen and oxygen atoms in total. The fourth-order valence-corrected chi connectivity index (χ4v) is 4.81. The van der Waals surface area contributed by atoms with Crippen LogP contribution in [0.25, 0.3) is 10.9 Å². The van der Waals surface area contributed by atoms with Crippen molar-refractivity contribution >= 4 is 22.7 Å². The van der Waals surface area contributed by atoms with Crippen LogP contribution in [-0.2, 0) is 7.05 Å². The van der Waals surface area contributed by atoms with Gasteiger partial charge in [-0.1, -0.05) is 0 Å². The molecule has 0 radical (unpaired) electrons. The highest BCUT2D eigenvalue weighted by Gasteiger charge is 2.54. The molecule has 0 atom stereocenters. The van der Waals surface area contributed by atoms with Crippen LogP contribution in [0.5, 0.6) is 5.88 Å². The van der Waals surface area contributed by atoms with Crippen LogP contribution in [-0.4, -0.2) is 38.7 Å². The molecule has 3 aromatic rings. The number of carbonyl (C=O) groups is 2. The first-order valence-corrected chi connectivity index (χ1v) is 10.1. The number of aryl methyl sites for hydroxylation is 1. The maximum absolute atomic E-state index is 12.6. The number of benzene rings is 1. The molecule has 0 saturated heterocycles. The van der Waals surface area contributed by atoms with Crippen molar-refractivity contribution in [3.05, 3.63) is 53.9 Å². The lowest BCUT2D eigenvalue weighted by Gasteiger charge is -2.57. The summed E-state index contributed by atoms with van der Waals surface area (Å²) < 4.78 is 7.69. The summed E-state index contributed by atoms with van der Waals surface area (Å²) in [4.78, 5) is 28.2. The quantitative estimate of drug-likeness (QED) is 0.676. The number of primary amides is 1. The summed E-state index contributed by atoms with van der Waals surface area (Å²) in [6.45, 7) is 0. The smallest absolute Gasteiger partial charge is 0.254 e. The number of aromatic nitrogens is 3. The highest BCUT2D eigenvalue weighted by atomic mass is 16.5. The molecule has 2 heterocycles. The Labute approximate surface area is 173 Å². The molecule has 1 spiro atoms. The van der Waals surface area contributed by atoms with E-state index >= 15 is 0 Å². The average Bonchev–Trinajstić information content (AvgIpc) is 3.05. The van der Waals surface area contributed by atoms with Crippen molar-refractivity contribution in [2.45, 2.75) is 37.8 Å². The molecule has 0 unspecified atom stereocenters. The highest BCUT2D eigenvalue weighted by Crippen LogP contribution is 2.56. The Kier molecular flexibility index (Phi) is 4.23. The largest absolute Gasteiger partial charge is 0.474 e. The first-order valence-electron chi connectivity index (χ1n) is 10.1. The number of hydrogen-bond acceptors (Lipinski definition) is 5. The van der Waals surface area contributed by atoms with Gasteiger partial charge in [-0.2, -0.15) is 5.10 Å². The van der Waals surface area contributed by atoms with Crippen LogP contribution in [0.3, 0.4) is 0 Å². The fourth-order valence-electron chi connectivity index (χ4n) is 4.81. The van der Waals surface area contributed by atoms with Gasteiger partial charge in [-0.05, 0) is 61.4 Å². The Morgan fingerprint density at radius 2 is 2.03 bits per heavy atom. The number of rotatable bonds is 5. The molecule has 2 fully saturated rings. The Bertz CT molecular complexity index is 1140. The zero-order valence-corrected chi connectivity index (χ0v) is 16.7. The topological polar surface area (TPSA) is 112 Å². The van der Waals surface area contributed by atoms with Gasteiger partial charge in [0.2, 0.25) is 5.88 Å². The number of carbonyl (C=O) groups excluding carboxylic acids is 2. The van der Waals surface area contributed by atoms with Gasteiger partial charge in [-0.25, -0.2) is 4.98 Å². The van der Waals surface area contributed by atoms with Gasteiger partial charge in [0.1, 0.15) is 11.7 Å². The Morgan fingerprint density at radius 1 is 1.23 bits per heavy atom. The second kappa shape index (κ2) is 6.83. The minimum atomic E-state index is -0.539. The number of pyridine rings is 1. The first kappa shape index (κ1) is 18.6. The molecule has 3 N–H and O–H groups in total. The number of nitrogens with one attached hydrogen (secondary N) is 1. The lowest BCUT2D eigenvalue weighted by Crippen LogP contribution is -2.58. The summed E-state index contributed by atoms with van der Waals surface area (Å²) in [5.41, 5.74) is 7.56. The molecular formula is C22H23N5O3. The van der Waals surface area contributed by atoms with Crippen molar-refractivity contribution in [3.63, 3.8) is 0 Å². The molecule has 1 aromatic carbocycles. The maximum Gasteiger partial charge on any atom is 0.254 e. The number of nitrogens with zero attached hydrogens (tertiary/aromatic N) is 3. The summed E-state index contributed by atoms with van der Waals surface area (Å²) in [6, 6.07) is 9.11. The van der Waals surface area contributed by atoms with Gasteiger partial charge in [0.05, 0.1) is 11.7 Å². The van der Waals surface area contributed by atoms with Crippen molar-refractivity contribution in [2.75, 3.05) is 0 Å². The van der Waals surface area contributed by atoms with Crippen molar-refractivity contribution < 1.29 is 14.3 Å². The van der Waals surface area contributed by atoms with Crippen molar-refractivity contribution in [1.82, 2.24) is 20.1 Å².